The van der Waals surface area contributed by atoms with Crippen molar-refractivity contribution in [1.29, 1.82) is 0 Å². The van der Waals surface area contributed by atoms with Gasteiger partial charge >= 0.3 is 0 Å². The van der Waals surface area contributed by atoms with Crippen LogP contribution in [0.1, 0.15) is 24.1 Å². The van der Waals surface area contributed by atoms with Gasteiger partial charge in [-0.1, -0.05) is 12.5 Å². The van der Waals surface area contributed by atoms with Crippen molar-refractivity contribution in [3.05, 3.63) is 22.4 Å². The van der Waals surface area contributed by atoms with E-state index in [-0.39, 0.29) is 0 Å². The number of hydrogen-bond acceptors (Lipinski definition) is 3. The van der Waals surface area contributed by atoms with Gasteiger partial charge in [-0.15, -0.1) is 11.3 Å². The van der Waals surface area contributed by atoms with Gasteiger partial charge in [-0.25, -0.2) is 0 Å². The third-order valence-electron chi connectivity index (χ3n) is 3.25. The quantitative estimate of drug-likeness (QED) is 0.804. The van der Waals surface area contributed by atoms with Gasteiger partial charge in [0.15, 0.2) is 0 Å². The molecule has 3 heteroatoms. The molecule has 0 amide bonds. The van der Waals surface area contributed by atoms with Crippen molar-refractivity contribution < 1.29 is 5.11 Å². The van der Waals surface area contributed by atoms with Crippen LogP contribution in [0.25, 0.3) is 0 Å². The molecule has 0 radical (unpaired) electrons. The number of aliphatic hydroxyl groups excluding tert-OH is 1. The summed E-state index contributed by atoms with van der Waals surface area (Å²) in [6, 6.07) is 4.84. The minimum absolute atomic E-state index is 0.344. The van der Waals surface area contributed by atoms with E-state index in [0.29, 0.717) is 18.6 Å². The summed E-state index contributed by atoms with van der Waals surface area (Å²) in [5.74, 6) is 0.494. The minimum atomic E-state index is 0.344. The Bertz CT molecular complexity index is 273. The van der Waals surface area contributed by atoms with Crippen molar-refractivity contribution in [1.82, 2.24) is 5.32 Å². The van der Waals surface area contributed by atoms with Crippen molar-refractivity contribution in [3.8, 4) is 0 Å². The first-order valence-electron chi connectivity index (χ1n) is 5.77. The summed E-state index contributed by atoms with van der Waals surface area (Å²) in [6.07, 6.45) is 4.80. The van der Waals surface area contributed by atoms with Gasteiger partial charge in [0.1, 0.15) is 0 Å². The molecule has 2 nitrogen and oxygen atoms in total. The molecule has 0 bridgehead atoms. The largest absolute Gasteiger partial charge is 0.396 e. The summed E-state index contributed by atoms with van der Waals surface area (Å²) in [4.78, 5) is 1.45. The first kappa shape index (κ1) is 11.1. The molecule has 1 aliphatic carbocycles. The molecule has 2 unspecified atom stereocenters. The lowest BCUT2D eigenvalue weighted by atomic mass is 10.1. The van der Waals surface area contributed by atoms with Crippen LogP contribution in [0, 0.1) is 5.92 Å². The molecule has 2 rings (SSSR count). The number of nitrogens with one attached hydrogen (secondary N) is 1. The third-order valence-corrected chi connectivity index (χ3v) is 4.19. The Morgan fingerprint density at radius 3 is 3.13 bits per heavy atom. The van der Waals surface area contributed by atoms with E-state index in [1.807, 2.05) is 11.3 Å². The van der Waals surface area contributed by atoms with Gasteiger partial charge in [-0.3, -0.25) is 0 Å². The Balaban J connectivity index is 1.69. The zero-order valence-electron chi connectivity index (χ0n) is 8.98. The summed E-state index contributed by atoms with van der Waals surface area (Å²) in [5, 5.41) is 14.9. The highest BCUT2D eigenvalue weighted by molar-refractivity contribution is 7.09. The average molecular weight is 225 g/mol. The van der Waals surface area contributed by atoms with Crippen LogP contribution in [0.5, 0.6) is 0 Å². The number of rotatable bonds is 5. The number of thiophene rings is 1. The van der Waals surface area contributed by atoms with Crippen LogP contribution in [-0.2, 0) is 6.42 Å². The fourth-order valence-electron chi connectivity index (χ4n) is 2.36. The van der Waals surface area contributed by atoms with Crippen molar-refractivity contribution in [2.24, 2.45) is 5.92 Å². The average Bonchev–Trinajstić information content (AvgIpc) is 2.88. The summed E-state index contributed by atoms with van der Waals surface area (Å²) in [7, 11) is 0. The molecule has 1 aromatic rings. The van der Waals surface area contributed by atoms with E-state index >= 15 is 0 Å². The highest BCUT2D eigenvalue weighted by atomic mass is 32.1. The minimum Gasteiger partial charge on any atom is -0.396 e. The molecular formula is C12H19NOS. The summed E-state index contributed by atoms with van der Waals surface area (Å²) in [5.41, 5.74) is 0. The molecule has 0 saturated heterocycles. The van der Waals surface area contributed by atoms with E-state index in [1.54, 1.807) is 0 Å². The maximum absolute atomic E-state index is 9.18. The SMILES string of the molecule is OCC1CCCC1NCCc1cccs1. The van der Waals surface area contributed by atoms with E-state index in [9.17, 15) is 5.11 Å². The fraction of sp³-hybridized carbons (Fsp3) is 0.667. The van der Waals surface area contributed by atoms with E-state index in [4.69, 9.17) is 0 Å². The van der Waals surface area contributed by atoms with Gasteiger partial charge in [0, 0.05) is 24.1 Å². The monoisotopic (exact) mass is 225 g/mol. The van der Waals surface area contributed by atoms with Gasteiger partial charge in [-0.2, -0.15) is 0 Å². The van der Waals surface area contributed by atoms with Crippen LogP contribution in [0.3, 0.4) is 0 Å². The van der Waals surface area contributed by atoms with E-state index in [0.717, 1.165) is 13.0 Å². The van der Waals surface area contributed by atoms with Crippen molar-refractivity contribution in [2.45, 2.75) is 31.7 Å². The van der Waals surface area contributed by atoms with E-state index in [1.165, 1.54) is 24.1 Å². The zero-order chi connectivity index (χ0) is 10.5. The molecule has 1 aliphatic rings. The van der Waals surface area contributed by atoms with Gasteiger partial charge in [0.25, 0.3) is 0 Å². The normalized spacial score (nSPS) is 25.9. The summed E-state index contributed by atoms with van der Waals surface area (Å²) in [6.45, 7) is 1.39. The molecular weight excluding hydrogens is 206 g/mol. The van der Waals surface area contributed by atoms with Crippen LogP contribution < -0.4 is 5.32 Å². The van der Waals surface area contributed by atoms with Gasteiger partial charge < -0.3 is 10.4 Å². The Kier molecular flexibility index (Phi) is 4.18. The smallest absolute Gasteiger partial charge is 0.0474 e. The second-order valence-electron chi connectivity index (χ2n) is 4.26. The summed E-state index contributed by atoms with van der Waals surface area (Å²) < 4.78 is 0. The highest BCUT2D eigenvalue weighted by Crippen LogP contribution is 2.24. The molecule has 1 aromatic heterocycles. The zero-order valence-corrected chi connectivity index (χ0v) is 9.80. The first-order valence-corrected chi connectivity index (χ1v) is 6.64. The lowest BCUT2D eigenvalue weighted by Crippen LogP contribution is -2.35. The topological polar surface area (TPSA) is 32.3 Å². The Morgan fingerprint density at radius 2 is 2.40 bits per heavy atom. The van der Waals surface area contributed by atoms with E-state index in [2.05, 4.69) is 22.8 Å². The van der Waals surface area contributed by atoms with Crippen molar-refractivity contribution in [3.63, 3.8) is 0 Å². The Hall–Kier alpha value is -0.380. The number of aliphatic hydroxyl groups is 1. The summed E-state index contributed by atoms with van der Waals surface area (Å²) >= 11 is 1.82. The molecule has 0 spiro atoms. The molecule has 1 saturated carbocycles. The molecule has 1 heterocycles. The molecule has 84 valence electrons. The standard InChI is InChI=1S/C12H19NOS/c14-9-10-3-1-5-12(10)13-7-6-11-4-2-8-15-11/h2,4,8,10,12-14H,1,3,5-7,9H2. The van der Waals surface area contributed by atoms with Crippen LogP contribution in [0.4, 0.5) is 0 Å². The maximum Gasteiger partial charge on any atom is 0.0474 e. The fourth-order valence-corrected chi connectivity index (χ4v) is 3.07. The van der Waals surface area contributed by atoms with Crippen LogP contribution in [0.15, 0.2) is 17.5 Å². The lowest BCUT2D eigenvalue weighted by molar-refractivity contribution is 0.206. The van der Waals surface area contributed by atoms with Crippen LogP contribution in [-0.4, -0.2) is 24.3 Å². The van der Waals surface area contributed by atoms with Gasteiger partial charge in [-0.05, 0) is 36.6 Å². The van der Waals surface area contributed by atoms with Crippen LogP contribution >= 0.6 is 11.3 Å². The first-order chi connectivity index (χ1) is 7.40. The second kappa shape index (κ2) is 5.64. The molecule has 15 heavy (non-hydrogen) atoms. The van der Waals surface area contributed by atoms with Crippen molar-refractivity contribution >= 4 is 11.3 Å². The molecule has 2 N–H and O–H groups in total. The predicted octanol–water partition coefficient (Wildman–Crippen LogP) is 2.04. The molecule has 0 aliphatic heterocycles. The van der Waals surface area contributed by atoms with Crippen LogP contribution in [0.2, 0.25) is 0 Å². The van der Waals surface area contributed by atoms with E-state index < -0.39 is 0 Å². The Morgan fingerprint density at radius 1 is 1.47 bits per heavy atom. The molecule has 0 aromatic carbocycles. The van der Waals surface area contributed by atoms with Gasteiger partial charge in [0.2, 0.25) is 0 Å². The highest BCUT2D eigenvalue weighted by Gasteiger charge is 2.25. The van der Waals surface area contributed by atoms with Crippen molar-refractivity contribution in [2.75, 3.05) is 13.2 Å². The predicted molar refractivity (Wildman–Crippen MR) is 64.2 cm³/mol. The maximum atomic E-state index is 9.18. The lowest BCUT2D eigenvalue weighted by Gasteiger charge is -2.18. The molecule has 1 fully saturated rings. The Labute approximate surface area is 95.3 Å². The van der Waals surface area contributed by atoms with Gasteiger partial charge in [0.05, 0.1) is 0 Å². The second-order valence-corrected chi connectivity index (χ2v) is 5.30. The molecule has 2 atom stereocenters. The third kappa shape index (κ3) is 3.03. The number of hydrogen-bond donors (Lipinski definition) is 2.